The zero-order valence-electron chi connectivity index (χ0n) is 15.9. The summed E-state index contributed by atoms with van der Waals surface area (Å²) in [6, 6.07) is 10.1. The zero-order valence-corrected chi connectivity index (χ0v) is 15.9. The van der Waals surface area contributed by atoms with Crippen LogP contribution in [0.15, 0.2) is 30.3 Å². The highest BCUT2D eigenvalue weighted by Crippen LogP contribution is 2.20. The molecule has 6 heteroatoms. The van der Waals surface area contributed by atoms with Gasteiger partial charge in [0.2, 0.25) is 0 Å². The summed E-state index contributed by atoms with van der Waals surface area (Å²) in [5, 5.41) is 8.51. The van der Waals surface area contributed by atoms with Gasteiger partial charge in [0.1, 0.15) is 0 Å². The zero-order chi connectivity index (χ0) is 19.5. The predicted octanol–water partition coefficient (Wildman–Crippen LogP) is 3.00. The lowest BCUT2D eigenvalue weighted by Gasteiger charge is -2.22. The standard InChI is InChI=1S/C21H27N3O3/c1-23(14-6-13-22)20(25)17-27-21(26)12-9-18-7-10-19(11-8-18)24-15-4-2-3-5-16-24/h7-12H,2-6,14-17H2,1H3/b12-9+. The van der Waals surface area contributed by atoms with Crippen LogP contribution in [-0.2, 0) is 14.3 Å². The number of carbonyl (C=O) groups is 2. The second kappa shape index (κ2) is 11.0. The SMILES string of the molecule is CN(CCC#N)C(=O)COC(=O)/C=C/c1ccc(N2CCCCCC2)cc1. The van der Waals surface area contributed by atoms with Gasteiger partial charge in [0.25, 0.3) is 5.91 Å². The minimum absolute atomic E-state index is 0.253. The van der Waals surface area contributed by atoms with Gasteiger partial charge in [-0.1, -0.05) is 25.0 Å². The Balaban J connectivity index is 1.80. The first-order valence-corrected chi connectivity index (χ1v) is 9.41. The van der Waals surface area contributed by atoms with Gasteiger partial charge in [-0.3, -0.25) is 4.79 Å². The van der Waals surface area contributed by atoms with E-state index >= 15 is 0 Å². The Hall–Kier alpha value is -2.81. The molecule has 27 heavy (non-hydrogen) atoms. The molecule has 1 aromatic rings. The molecule has 6 nitrogen and oxygen atoms in total. The van der Waals surface area contributed by atoms with Gasteiger partial charge in [-0.05, 0) is 36.6 Å². The molecule has 0 radical (unpaired) electrons. The van der Waals surface area contributed by atoms with Gasteiger partial charge in [-0.15, -0.1) is 0 Å². The third-order valence-corrected chi connectivity index (χ3v) is 4.60. The van der Waals surface area contributed by atoms with Gasteiger partial charge in [0.15, 0.2) is 6.61 Å². The number of likely N-dealkylation sites (N-methyl/N-ethyl adjacent to an activating group) is 1. The molecule has 1 aromatic carbocycles. The monoisotopic (exact) mass is 369 g/mol. The first-order valence-electron chi connectivity index (χ1n) is 9.41. The van der Waals surface area contributed by atoms with Gasteiger partial charge < -0.3 is 14.5 Å². The fourth-order valence-corrected chi connectivity index (χ4v) is 2.92. The Morgan fingerprint density at radius 1 is 1.19 bits per heavy atom. The molecule has 0 aliphatic carbocycles. The lowest BCUT2D eigenvalue weighted by atomic mass is 10.1. The Kier molecular flexibility index (Phi) is 8.37. The molecular weight excluding hydrogens is 342 g/mol. The molecule has 0 aromatic heterocycles. The quantitative estimate of drug-likeness (QED) is 0.546. The Labute approximate surface area is 161 Å². The summed E-state index contributed by atoms with van der Waals surface area (Å²) in [4.78, 5) is 27.3. The van der Waals surface area contributed by atoms with E-state index < -0.39 is 5.97 Å². The van der Waals surface area contributed by atoms with Crippen molar-refractivity contribution in [1.29, 1.82) is 5.26 Å². The Morgan fingerprint density at radius 3 is 2.48 bits per heavy atom. The van der Waals surface area contributed by atoms with Crippen LogP contribution in [0.4, 0.5) is 5.69 Å². The fourth-order valence-electron chi connectivity index (χ4n) is 2.92. The molecule has 1 amide bonds. The van der Waals surface area contributed by atoms with E-state index in [9.17, 15) is 9.59 Å². The van der Waals surface area contributed by atoms with Crippen molar-refractivity contribution < 1.29 is 14.3 Å². The highest BCUT2D eigenvalue weighted by molar-refractivity contribution is 5.89. The largest absolute Gasteiger partial charge is 0.452 e. The molecule has 1 aliphatic rings. The Bertz CT molecular complexity index is 684. The van der Waals surface area contributed by atoms with E-state index in [0.717, 1.165) is 18.7 Å². The van der Waals surface area contributed by atoms with Gasteiger partial charge in [-0.2, -0.15) is 5.26 Å². The van der Waals surface area contributed by atoms with Crippen LogP contribution in [0.25, 0.3) is 6.08 Å². The molecule has 144 valence electrons. The Morgan fingerprint density at radius 2 is 1.85 bits per heavy atom. The summed E-state index contributed by atoms with van der Waals surface area (Å²) < 4.78 is 4.95. The first-order chi connectivity index (χ1) is 13.1. The number of benzene rings is 1. The van der Waals surface area contributed by atoms with Crippen LogP contribution in [0.3, 0.4) is 0 Å². The van der Waals surface area contributed by atoms with E-state index in [1.54, 1.807) is 13.1 Å². The van der Waals surface area contributed by atoms with Crippen LogP contribution in [-0.4, -0.2) is 50.1 Å². The minimum Gasteiger partial charge on any atom is -0.452 e. The molecule has 2 rings (SSSR count). The summed E-state index contributed by atoms with van der Waals surface area (Å²) in [5.41, 5.74) is 2.12. The maximum Gasteiger partial charge on any atom is 0.331 e. The molecule has 0 saturated carbocycles. The van der Waals surface area contributed by atoms with Crippen molar-refractivity contribution in [1.82, 2.24) is 4.90 Å². The van der Waals surface area contributed by atoms with Crippen molar-refractivity contribution in [3.63, 3.8) is 0 Å². The predicted molar refractivity (Wildman–Crippen MR) is 105 cm³/mol. The molecule has 0 N–H and O–H groups in total. The number of amides is 1. The lowest BCUT2D eigenvalue weighted by Crippen LogP contribution is -2.31. The van der Waals surface area contributed by atoms with Crippen molar-refractivity contribution in [3.05, 3.63) is 35.9 Å². The van der Waals surface area contributed by atoms with E-state index in [1.165, 1.54) is 42.3 Å². The topological polar surface area (TPSA) is 73.6 Å². The van der Waals surface area contributed by atoms with E-state index in [4.69, 9.17) is 10.00 Å². The molecule has 0 atom stereocenters. The summed E-state index contributed by atoms with van der Waals surface area (Å²) in [6.07, 6.45) is 8.33. The average Bonchev–Trinajstić information content (AvgIpc) is 2.98. The van der Waals surface area contributed by atoms with Gasteiger partial charge >= 0.3 is 5.97 Å². The molecule has 1 heterocycles. The van der Waals surface area contributed by atoms with Crippen molar-refractivity contribution in [2.24, 2.45) is 0 Å². The van der Waals surface area contributed by atoms with Gasteiger partial charge in [-0.25, -0.2) is 4.79 Å². The number of nitrogens with zero attached hydrogens (tertiary/aromatic N) is 3. The van der Waals surface area contributed by atoms with Crippen LogP contribution >= 0.6 is 0 Å². The number of hydrogen-bond donors (Lipinski definition) is 0. The van der Waals surface area contributed by atoms with Crippen molar-refractivity contribution in [2.45, 2.75) is 32.1 Å². The smallest absolute Gasteiger partial charge is 0.331 e. The molecule has 1 saturated heterocycles. The number of carbonyl (C=O) groups excluding carboxylic acids is 2. The van der Waals surface area contributed by atoms with Crippen molar-refractivity contribution >= 4 is 23.6 Å². The summed E-state index contributed by atoms with van der Waals surface area (Å²) in [5.74, 6) is -0.887. The summed E-state index contributed by atoms with van der Waals surface area (Å²) >= 11 is 0. The number of ether oxygens (including phenoxy) is 1. The van der Waals surface area contributed by atoms with Gasteiger partial charge in [0.05, 0.1) is 12.5 Å². The average molecular weight is 369 g/mol. The number of rotatable bonds is 7. The van der Waals surface area contributed by atoms with Crippen molar-refractivity contribution in [2.75, 3.05) is 38.2 Å². The minimum atomic E-state index is -0.561. The third-order valence-electron chi connectivity index (χ3n) is 4.60. The molecular formula is C21H27N3O3. The fraction of sp³-hybridized carbons (Fsp3) is 0.476. The second-order valence-corrected chi connectivity index (χ2v) is 6.66. The van der Waals surface area contributed by atoms with Crippen LogP contribution in [0.5, 0.6) is 0 Å². The maximum atomic E-state index is 11.8. The van der Waals surface area contributed by atoms with E-state index in [0.29, 0.717) is 6.54 Å². The molecule has 1 fully saturated rings. The molecule has 1 aliphatic heterocycles. The van der Waals surface area contributed by atoms with E-state index in [2.05, 4.69) is 17.0 Å². The number of nitriles is 1. The number of anilines is 1. The van der Waals surface area contributed by atoms with Gasteiger partial charge in [0, 0.05) is 38.4 Å². The van der Waals surface area contributed by atoms with Crippen molar-refractivity contribution in [3.8, 4) is 6.07 Å². The summed E-state index contributed by atoms with van der Waals surface area (Å²) in [6.45, 7) is 2.20. The molecule has 0 unspecified atom stereocenters. The summed E-state index contributed by atoms with van der Waals surface area (Å²) in [7, 11) is 1.58. The van der Waals surface area contributed by atoms with Crippen LogP contribution in [0, 0.1) is 11.3 Å². The first kappa shape index (κ1) is 20.5. The third kappa shape index (κ3) is 7.14. The van der Waals surface area contributed by atoms with Crippen LogP contribution in [0.1, 0.15) is 37.7 Å². The van der Waals surface area contributed by atoms with E-state index in [1.807, 2.05) is 18.2 Å². The highest BCUT2D eigenvalue weighted by Gasteiger charge is 2.11. The highest BCUT2D eigenvalue weighted by atomic mass is 16.5. The van der Waals surface area contributed by atoms with Crippen LogP contribution in [0.2, 0.25) is 0 Å². The maximum absolute atomic E-state index is 11.8. The molecule has 0 spiro atoms. The van der Waals surface area contributed by atoms with Crippen LogP contribution < -0.4 is 4.90 Å². The molecule has 0 bridgehead atoms. The number of esters is 1. The second-order valence-electron chi connectivity index (χ2n) is 6.66. The number of hydrogen-bond acceptors (Lipinski definition) is 5. The van der Waals surface area contributed by atoms with E-state index in [-0.39, 0.29) is 18.9 Å². The lowest BCUT2D eigenvalue weighted by molar-refractivity contribution is -0.147. The normalized spacial score (nSPS) is 14.4.